The number of nitriles is 1. The molecule has 0 radical (unpaired) electrons. The van der Waals surface area contributed by atoms with E-state index in [0.29, 0.717) is 5.56 Å². The molecule has 0 spiro atoms. The van der Waals surface area contributed by atoms with E-state index in [4.69, 9.17) is 16.9 Å². The van der Waals surface area contributed by atoms with Crippen LogP contribution in [0.1, 0.15) is 5.56 Å². The highest BCUT2D eigenvalue weighted by Crippen LogP contribution is 2.11. The van der Waals surface area contributed by atoms with E-state index in [0.717, 1.165) is 0 Å². The number of rotatable bonds is 1. The lowest BCUT2D eigenvalue weighted by Crippen LogP contribution is -1.87. The highest BCUT2D eigenvalue weighted by Gasteiger charge is 2.00. The fraction of sp³-hybridized carbons (Fsp3) is 0.143. The SMILES string of the molecule is N#CCc1cnc(Cl)c(F)c1. The summed E-state index contributed by atoms with van der Waals surface area (Å²) in [7, 11) is 0. The molecule has 1 heterocycles. The molecule has 0 bridgehead atoms. The molecule has 0 aliphatic carbocycles. The summed E-state index contributed by atoms with van der Waals surface area (Å²) < 4.78 is 12.6. The minimum absolute atomic E-state index is 0.154. The third kappa shape index (κ3) is 1.89. The van der Waals surface area contributed by atoms with E-state index in [9.17, 15) is 4.39 Å². The van der Waals surface area contributed by atoms with Gasteiger partial charge >= 0.3 is 0 Å². The van der Waals surface area contributed by atoms with Gasteiger partial charge in [0.15, 0.2) is 11.0 Å². The predicted molar refractivity (Wildman–Crippen MR) is 38.5 cm³/mol. The van der Waals surface area contributed by atoms with Crippen molar-refractivity contribution in [2.24, 2.45) is 0 Å². The number of nitrogens with zero attached hydrogens (tertiary/aromatic N) is 2. The molecule has 0 aromatic carbocycles. The van der Waals surface area contributed by atoms with Crippen molar-refractivity contribution in [2.45, 2.75) is 6.42 Å². The lowest BCUT2D eigenvalue weighted by molar-refractivity contribution is 0.620. The van der Waals surface area contributed by atoms with E-state index in [1.807, 2.05) is 6.07 Å². The fourth-order valence-corrected chi connectivity index (χ4v) is 0.752. The van der Waals surface area contributed by atoms with E-state index in [2.05, 4.69) is 4.98 Å². The van der Waals surface area contributed by atoms with Crippen molar-refractivity contribution < 1.29 is 4.39 Å². The fourth-order valence-electron chi connectivity index (χ4n) is 0.649. The summed E-state index contributed by atoms with van der Waals surface area (Å²) in [4.78, 5) is 3.54. The molecule has 4 heteroatoms. The Morgan fingerprint density at radius 3 is 3.00 bits per heavy atom. The molecule has 0 aliphatic rings. The van der Waals surface area contributed by atoms with Crippen molar-refractivity contribution >= 4 is 11.6 Å². The van der Waals surface area contributed by atoms with Gasteiger partial charge in [0.05, 0.1) is 12.5 Å². The first-order chi connectivity index (χ1) is 5.24. The molecule has 0 atom stereocenters. The zero-order valence-corrected chi connectivity index (χ0v) is 6.27. The van der Waals surface area contributed by atoms with Crippen LogP contribution in [0.5, 0.6) is 0 Å². The number of halogens is 2. The van der Waals surface area contributed by atoms with Crippen LogP contribution in [-0.2, 0) is 6.42 Å². The molecule has 0 fully saturated rings. The first kappa shape index (κ1) is 7.96. The molecule has 1 aromatic heterocycles. The van der Waals surface area contributed by atoms with Gasteiger partial charge in [-0.25, -0.2) is 9.37 Å². The summed E-state index contributed by atoms with van der Waals surface area (Å²) >= 11 is 5.31. The molecule has 0 saturated heterocycles. The van der Waals surface area contributed by atoms with Gasteiger partial charge in [-0.05, 0) is 11.6 Å². The van der Waals surface area contributed by atoms with Gasteiger partial charge in [-0.15, -0.1) is 0 Å². The maximum absolute atomic E-state index is 12.6. The van der Waals surface area contributed by atoms with Gasteiger partial charge in [0, 0.05) is 6.20 Å². The molecule has 0 saturated carbocycles. The van der Waals surface area contributed by atoms with Crippen molar-refractivity contribution in [3.63, 3.8) is 0 Å². The number of pyridine rings is 1. The van der Waals surface area contributed by atoms with Gasteiger partial charge in [-0.2, -0.15) is 5.26 Å². The van der Waals surface area contributed by atoms with Crippen LogP contribution in [0.15, 0.2) is 12.3 Å². The highest BCUT2D eigenvalue weighted by atomic mass is 35.5. The van der Waals surface area contributed by atoms with Crippen LogP contribution in [-0.4, -0.2) is 4.98 Å². The van der Waals surface area contributed by atoms with Crippen molar-refractivity contribution in [3.8, 4) is 6.07 Å². The van der Waals surface area contributed by atoms with Crippen LogP contribution in [0.2, 0.25) is 5.15 Å². The maximum atomic E-state index is 12.6. The third-order valence-corrected chi connectivity index (χ3v) is 1.41. The van der Waals surface area contributed by atoms with Crippen molar-refractivity contribution in [1.82, 2.24) is 4.98 Å². The molecule has 0 unspecified atom stereocenters. The smallest absolute Gasteiger partial charge is 0.164 e. The first-order valence-corrected chi connectivity index (χ1v) is 3.28. The highest BCUT2D eigenvalue weighted by molar-refractivity contribution is 6.29. The normalized spacial score (nSPS) is 9.18. The van der Waals surface area contributed by atoms with Crippen LogP contribution >= 0.6 is 11.6 Å². The Hall–Kier alpha value is -1.14. The van der Waals surface area contributed by atoms with Crippen molar-refractivity contribution in [1.29, 1.82) is 5.26 Å². The largest absolute Gasteiger partial charge is 0.241 e. The summed E-state index contributed by atoms with van der Waals surface area (Å²) in [5.74, 6) is -0.584. The standard InChI is InChI=1S/C7H4ClFN2/c8-7-6(9)3-5(1-2-10)4-11-7/h3-4H,1H2. The second-order valence-electron chi connectivity index (χ2n) is 1.95. The lowest BCUT2D eigenvalue weighted by Gasteiger charge is -1.94. The monoisotopic (exact) mass is 170 g/mol. The quantitative estimate of drug-likeness (QED) is 0.604. The molecule has 0 N–H and O–H groups in total. The number of aromatic nitrogens is 1. The van der Waals surface area contributed by atoms with Gasteiger partial charge < -0.3 is 0 Å². The molecule has 0 amide bonds. The van der Waals surface area contributed by atoms with E-state index < -0.39 is 5.82 Å². The summed E-state index contributed by atoms with van der Waals surface area (Å²) in [5.41, 5.74) is 0.536. The van der Waals surface area contributed by atoms with E-state index in [1.165, 1.54) is 12.3 Å². The second kappa shape index (κ2) is 3.31. The first-order valence-electron chi connectivity index (χ1n) is 2.91. The molecule has 1 aromatic rings. The van der Waals surface area contributed by atoms with Crippen molar-refractivity contribution in [3.05, 3.63) is 28.8 Å². The zero-order chi connectivity index (χ0) is 8.27. The van der Waals surface area contributed by atoms with E-state index in [-0.39, 0.29) is 11.6 Å². The summed E-state index contributed by atoms with van der Waals surface area (Å²) in [6, 6.07) is 3.09. The summed E-state index contributed by atoms with van der Waals surface area (Å²) in [6.07, 6.45) is 1.54. The molecule has 11 heavy (non-hydrogen) atoms. The van der Waals surface area contributed by atoms with Crippen molar-refractivity contribution in [2.75, 3.05) is 0 Å². The van der Waals surface area contributed by atoms with Crippen LogP contribution in [0.3, 0.4) is 0 Å². The zero-order valence-electron chi connectivity index (χ0n) is 5.51. The molecule has 0 aliphatic heterocycles. The Balaban J connectivity index is 2.98. The summed E-state index contributed by atoms with van der Waals surface area (Å²) in [6.45, 7) is 0. The lowest BCUT2D eigenvalue weighted by atomic mass is 10.2. The van der Waals surface area contributed by atoms with E-state index >= 15 is 0 Å². The Labute approximate surface area is 68.2 Å². The molecular weight excluding hydrogens is 167 g/mol. The van der Waals surface area contributed by atoms with Crippen LogP contribution in [0.4, 0.5) is 4.39 Å². The summed E-state index contributed by atoms with van der Waals surface area (Å²) in [5, 5.41) is 8.09. The molecule has 56 valence electrons. The van der Waals surface area contributed by atoms with Gasteiger partial charge in [0.1, 0.15) is 0 Å². The predicted octanol–water partition coefficient (Wildman–Crippen LogP) is 1.94. The van der Waals surface area contributed by atoms with Crippen LogP contribution < -0.4 is 0 Å². The average molecular weight is 171 g/mol. The molecule has 2 nitrogen and oxygen atoms in total. The van der Waals surface area contributed by atoms with E-state index in [1.54, 1.807) is 0 Å². The topological polar surface area (TPSA) is 36.7 Å². The third-order valence-electron chi connectivity index (χ3n) is 1.14. The van der Waals surface area contributed by atoms with Gasteiger partial charge in [0.2, 0.25) is 0 Å². The Morgan fingerprint density at radius 1 is 1.73 bits per heavy atom. The van der Waals surface area contributed by atoms with Gasteiger partial charge in [0.25, 0.3) is 0 Å². The Morgan fingerprint density at radius 2 is 2.45 bits per heavy atom. The Bertz CT molecular complexity index is 306. The second-order valence-corrected chi connectivity index (χ2v) is 2.31. The minimum atomic E-state index is -0.584. The van der Waals surface area contributed by atoms with Gasteiger partial charge in [-0.3, -0.25) is 0 Å². The minimum Gasteiger partial charge on any atom is -0.241 e. The average Bonchev–Trinajstić information content (AvgIpc) is 1.98. The Kier molecular flexibility index (Phi) is 2.40. The van der Waals surface area contributed by atoms with Crippen LogP contribution in [0, 0.1) is 17.1 Å². The molecule has 1 rings (SSSR count). The maximum Gasteiger partial charge on any atom is 0.164 e. The van der Waals surface area contributed by atoms with Crippen LogP contribution in [0.25, 0.3) is 0 Å². The number of hydrogen-bond acceptors (Lipinski definition) is 2. The number of hydrogen-bond donors (Lipinski definition) is 0. The molecular formula is C7H4ClFN2. The van der Waals surface area contributed by atoms with Gasteiger partial charge in [-0.1, -0.05) is 11.6 Å².